The minimum Gasteiger partial charge on any atom is -0.370 e. The summed E-state index contributed by atoms with van der Waals surface area (Å²) < 4.78 is 5.37. The lowest BCUT2D eigenvalue weighted by Gasteiger charge is -2.20. The van der Waals surface area contributed by atoms with Gasteiger partial charge in [0.25, 0.3) is 0 Å². The zero-order valence-electron chi connectivity index (χ0n) is 12.7. The first-order valence-electron chi connectivity index (χ1n) is 7.89. The Labute approximate surface area is 130 Å². The highest BCUT2D eigenvalue weighted by Gasteiger charge is 2.11. The molecule has 0 aliphatic carbocycles. The molecule has 1 fully saturated rings. The molecule has 3 rings (SSSR count). The van der Waals surface area contributed by atoms with Gasteiger partial charge in [0, 0.05) is 24.7 Å². The first kappa shape index (κ1) is 14.6. The average molecular weight is 298 g/mol. The Balaban J connectivity index is 1.63. The van der Waals surface area contributed by atoms with Crippen LogP contribution in [-0.4, -0.2) is 29.1 Å². The summed E-state index contributed by atoms with van der Waals surface area (Å²) in [4.78, 5) is 6.64. The first-order chi connectivity index (χ1) is 10.8. The maximum Gasteiger partial charge on any atom is 0.191 e. The lowest BCUT2D eigenvalue weighted by molar-refractivity contribution is 0.420. The van der Waals surface area contributed by atoms with Gasteiger partial charge < -0.3 is 15.2 Å². The molecule has 0 atom stereocenters. The summed E-state index contributed by atoms with van der Waals surface area (Å²) in [5, 5.41) is 4.07. The van der Waals surface area contributed by atoms with Gasteiger partial charge in [-0.25, -0.2) is 4.99 Å². The van der Waals surface area contributed by atoms with E-state index in [1.807, 2.05) is 36.4 Å². The predicted octanol–water partition coefficient (Wildman–Crippen LogP) is 3.03. The third-order valence-corrected chi connectivity index (χ3v) is 3.95. The molecule has 22 heavy (non-hydrogen) atoms. The van der Waals surface area contributed by atoms with Crippen LogP contribution in [0, 0.1) is 0 Å². The minimum absolute atomic E-state index is 0.457. The SMILES string of the molecule is NC(=NCc1cc(-c2ccccc2)on1)N1CCCCCC1. The molecule has 1 aliphatic heterocycles. The van der Waals surface area contributed by atoms with E-state index in [1.165, 1.54) is 25.7 Å². The summed E-state index contributed by atoms with van der Waals surface area (Å²) in [7, 11) is 0. The summed E-state index contributed by atoms with van der Waals surface area (Å²) in [5.74, 6) is 1.38. The lowest BCUT2D eigenvalue weighted by atomic mass is 10.2. The van der Waals surface area contributed by atoms with Crippen LogP contribution in [0.25, 0.3) is 11.3 Å². The highest BCUT2D eigenvalue weighted by molar-refractivity contribution is 5.78. The fourth-order valence-electron chi connectivity index (χ4n) is 2.69. The Morgan fingerprint density at radius 3 is 2.59 bits per heavy atom. The largest absolute Gasteiger partial charge is 0.370 e. The molecule has 5 nitrogen and oxygen atoms in total. The van der Waals surface area contributed by atoms with Crippen LogP contribution >= 0.6 is 0 Å². The van der Waals surface area contributed by atoms with Crippen molar-refractivity contribution in [1.82, 2.24) is 10.1 Å². The summed E-state index contributed by atoms with van der Waals surface area (Å²) >= 11 is 0. The van der Waals surface area contributed by atoms with E-state index < -0.39 is 0 Å². The van der Waals surface area contributed by atoms with Gasteiger partial charge in [-0.3, -0.25) is 0 Å². The number of hydrogen-bond acceptors (Lipinski definition) is 3. The van der Waals surface area contributed by atoms with Gasteiger partial charge in [-0.2, -0.15) is 0 Å². The van der Waals surface area contributed by atoms with Crippen molar-refractivity contribution in [3.8, 4) is 11.3 Å². The third kappa shape index (κ3) is 3.67. The molecule has 0 radical (unpaired) electrons. The van der Waals surface area contributed by atoms with Crippen molar-refractivity contribution in [2.24, 2.45) is 10.7 Å². The van der Waals surface area contributed by atoms with Crippen LogP contribution in [0.2, 0.25) is 0 Å². The van der Waals surface area contributed by atoms with Crippen molar-refractivity contribution in [3.63, 3.8) is 0 Å². The second-order valence-corrected chi connectivity index (χ2v) is 5.62. The summed E-state index contributed by atoms with van der Waals surface area (Å²) in [6, 6.07) is 11.9. The van der Waals surface area contributed by atoms with Crippen molar-refractivity contribution in [2.75, 3.05) is 13.1 Å². The highest BCUT2D eigenvalue weighted by atomic mass is 16.5. The average Bonchev–Trinajstić information content (AvgIpc) is 2.87. The Kier molecular flexibility index (Phi) is 4.73. The standard InChI is InChI=1S/C17H22N4O/c18-17(21-10-6-1-2-7-11-21)19-13-15-12-16(22-20-15)14-8-4-3-5-9-14/h3-5,8-9,12H,1-2,6-7,10-11,13H2,(H2,18,19). The van der Waals surface area contributed by atoms with Gasteiger partial charge in [0.1, 0.15) is 5.69 Å². The van der Waals surface area contributed by atoms with Gasteiger partial charge in [0.05, 0.1) is 6.54 Å². The molecular weight excluding hydrogens is 276 g/mol. The zero-order chi connectivity index (χ0) is 15.2. The molecule has 2 aromatic rings. The predicted molar refractivity (Wildman–Crippen MR) is 87.3 cm³/mol. The summed E-state index contributed by atoms with van der Waals surface area (Å²) in [6.07, 6.45) is 4.96. The van der Waals surface area contributed by atoms with Crippen molar-refractivity contribution >= 4 is 5.96 Å². The fourth-order valence-corrected chi connectivity index (χ4v) is 2.69. The molecule has 1 saturated heterocycles. The number of likely N-dealkylation sites (tertiary alicyclic amines) is 1. The van der Waals surface area contributed by atoms with Crippen LogP contribution in [-0.2, 0) is 6.54 Å². The van der Waals surface area contributed by atoms with Crippen molar-refractivity contribution in [2.45, 2.75) is 32.2 Å². The molecule has 0 amide bonds. The molecule has 116 valence electrons. The van der Waals surface area contributed by atoms with Crippen LogP contribution in [0.1, 0.15) is 31.4 Å². The molecule has 1 aromatic carbocycles. The normalized spacial score (nSPS) is 16.5. The summed E-state index contributed by atoms with van der Waals surface area (Å²) in [6.45, 7) is 2.46. The smallest absolute Gasteiger partial charge is 0.191 e. The van der Waals surface area contributed by atoms with Crippen LogP contribution in [0.4, 0.5) is 0 Å². The molecule has 5 heteroatoms. The van der Waals surface area contributed by atoms with Gasteiger partial charge in [-0.15, -0.1) is 0 Å². The monoisotopic (exact) mass is 298 g/mol. The Morgan fingerprint density at radius 1 is 1.14 bits per heavy atom. The number of benzene rings is 1. The number of nitrogens with two attached hydrogens (primary N) is 1. The van der Waals surface area contributed by atoms with E-state index in [9.17, 15) is 0 Å². The Hall–Kier alpha value is -2.30. The van der Waals surface area contributed by atoms with Crippen molar-refractivity contribution in [3.05, 3.63) is 42.1 Å². The molecule has 0 saturated carbocycles. The third-order valence-electron chi connectivity index (χ3n) is 3.95. The molecule has 0 unspecified atom stereocenters. The number of guanidine groups is 1. The first-order valence-corrected chi connectivity index (χ1v) is 7.89. The van der Waals surface area contributed by atoms with Crippen LogP contribution in [0.5, 0.6) is 0 Å². The fraction of sp³-hybridized carbons (Fsp3) is 0.412. The van der Waals surface area contributed by atoms with Gasteiger partial charge in [0.2, 0.25) is 0 Å². The Bertz CT molecular complexity index is 613. The number of rotatable bonds is 3. The van der Waals surface area contributed by atoms with E-state index in [1.54, 1.807) is 0 Å². The van der Waals surface area contributed by atoms with Gasteiger partial charge in [-0.05, 0) is 12.8 Å². The number of aliphatic imine (C=N–C) groups is 1. The van der Waals surface area contributed by atoms with E-state index in [0.29, 0.717) is 12.5 Å². The quantitative estimate of drug-likeness (QED) is 0.698. The Morgan fingerprint density at radius 2 is 1.86 bits per heavy atom. The van der Waals surface area contributed by atoms with Crippen LogP contribution in [0.3, 0.4) is 0 Å². The number of nitrogens with zero attached hydrogens (tertiary/aromatic N) is 3. The van der Waals surface area contributed by atoms with Gasteiger partial charge in [-0.1, -0.05) is 48.3 Å². The lowest BCUT2D eigenvalue weighted by Crippen LogP contribution is -2.38. The molecule has 0 spiro atoms. The van der Waals surface area contributed by atoms with Crippen molar-refractivity contribution in [1.29, 1.82) is 0 Å². The number of aromatic nitrogens is 1. The van der Waals surface area contributed by atoms with E-state index >= 15 is 0 Å². The maximum absolute atomic E-state index is 6.10. The van der Waals surface area contributed by atoms with Crippen molar-refractivity contribution < 1.29 is 4.52 Å². The van der Waals surface area contributed by atoms with E-state index in [4.69, 9.17) is 10.3 Å². The number of hydrogen-bond donors (Lipinski definition) is 1. The molecule has 2 N–H and O–H groups in total. The molecule has 2 heterocycles. The topological polar surface area (TPSA) is 67.6 Å². The second kappa shape index (κ2) is 7.11. The minimum atomic E-state index is 0.457. The maximum atomic E-state index is 6.10. The van der Waals surface area contributed by atoms with E-state index in [-0.39, 0.29) is 0 Å². The van der Waals surface area contributed by atoms with E-state index in [0.717, 1.165) is 30.1 Å². The molecule has 1 aliphatic rings. The summed E-state index contributed by atoms with van der Waals surface area (Å²) in [5.41, 5.74) is 7.92. The molecule has 0 bridgehead atoms. The molecule has 1 aromatic heterocycles. The van der Waals surface area contributed by atoms with Gasteiger partial charge in [0.15, 0.2) is 11.7 Å². The van der Waals surface area contributed by atoms with Crippen LogP contribution < -0.4 is 5.73 Å². The van der Waals surface area contributed by atoms with Crippen LogP contribution in [0.15, 0.2) is 45.9 Å². The highest BCUT2D eigenvalue weighted by Crippen LogP contribution is 2.20. The zero-order valence-corrected chi connectivity index (χ0v) is 12.7. The van der Waals surface area contributed by atoms with Gasteiger partial charge >= 0.3 is 0 Å². The van der Waals surface area contributed by atoms with E-state index in [2.05, 4.69) is 15.0 Å². The second-order valence-electron chi connectivity index (χ2n) is 5.62. The molecular formula is C17H22N4O.